The van der Waals surface area contributed by atoms with Crippen molar-refractivity contribution in [2.24, 2.45) is 0 Å². The smallest absolute Gasteiger partial charge is 0.262 e. The van der Waals surface area contributed by atoms with Gasteiger partial charge < -0.3 is 5.11 Å². The van der Waals surface area contributed by atoms with Crippen LogP contribution in [0.1, 0.15) is 0 Å². The van der Waals surface area contributed by atoms with Crippen LogP contribution in [0.2, 0.25) is 0 Å². The maximum Gasteiger partial charge on any atom is 0.262 e. The number of hydrogen-bond acceptors (Lipinski definition) is 3. The molecule has 10 heavy (non-hydrogen) atoms. The van der Waals surface area contributed by atoms with Gasteiger partial charge in [-0.05, 0) is 12.1 Å². The van der Waals surface area contributed by atoms with Gasteiger partial charge in [0.15, 0.2) is 5.94 Å². The van der Waals surface area contributed by atoms with Gasteiger partial charge in [-0.1, -0.05) is 0 Å². The molecule has 0 aliphatic heterocycles. The molecule has 0 saturated heterocycles. The summed E-state index contributed by atoms with van der Waals surface area (Å²) in [7, 11) is -3.48. The van der Waals surface area contributed by atoms with Crippen LogP contribution in [0.25, 0.3) is 0 Å². The quantitative estimate of drug-likeness (QED) is 0.643. The molecule has 1 N–H and O–H groups in total. The van der Waals surface area contributed by atoms with Crippen molar-refractivity contribution in [3.63, 3.8) is 0 Å². The minimum Gasteiger partial charge on any atom is -0.378 e. The Morgan fingerprint density at radius 3 is 2.20 bits per heavy atom. The van der Waals surface area contributed by atoms with Gasteiger partial charge in [-0.3, -0.25) is 3.97 Å². The fourth-order valence-electron chi connectivity index (χ4n) is 0.571. The molecule has 0 spiro atoms. The number of nitrogens with zero attached hydrogens (tertiary/aromatic N) is 1. The summed E-state index contributed by atoms with van der Waals surface area (Å²) in [5, 5.41) is 8.36. The zero-order valence-corrected chi connectivity index (χ0v) is 5.95. The van der Waals surface area contributed by atoms with E-state index in [1.165, 1.54) is 12.4 Å². The van der Waals surface area contributed by atoms with E-state index in [-0.39, 0.29) is 0 Å². The minimum atomic E-state index is -3.48. The largest absolute Gasteiger partial charge is 0.378 e. The predicted molar refractivity (Wildman–Crippen MR) is 35.8 cm³/mol. The van der Waals surface area contributed by atoms with E-state index in [1.807, 2.05) is 0 Å². The summed E-state index contributed by atoms with van der Waals surface area (Å²) >= 11 is 0. The van der Waals surface area contributed by atoms with Crippen LogP contribution in [0.4, 0.5) is 0 Å². The second-order valence-corrected chi connectivity index (χ2v) is 3.60. The number of rotatable bonds is 2. The van der Waals surface area contributed by atoms with Crippen LogP contribution in [0.5, 0.6) is 0 Å². The minimum absolute atomic E-state index is 0.859. The highest BCUT2D eigenvalue weighted by Crippen LogP contribution is 1.96. The van der Waals surface area contributed by atoms with Gasteiger partial charge in [0.05, 0.1) is 0 Å². The van der Waals surface area contributed by atoms with Crippen molar-refractivity contribution in [1.82, 2.24) is 3.97 Å². The first-order chi connectivity index (χ1) is 4.67. The van der Waals surface area contributed by atoms with Crippen molar-refractivity contribution in [2.75, 3.05) is 5.94 Å². The first-order valence-corrected chi connectivity index (χ1v) is 4.25. The second-order valence-electron chi connectivity index (χ2n) is 1.75. The highest BCUT2D eigenvalue weighted by Gasteiger charge is 2.07. The molecule has 56 valence electrons. The van der Waals surface area contributed by atoms with Gasteiger partial charge in [-0.25, -0.2) is 8.42 Å². The lowest BCUT2D eigenvalue weighted by molar-refractivity contribution is 0.356. The van der Waals surface area contributed by atoms with Crippen LogP contribution in [0.3, 0.4) is 0 Å². The third-order valence-corrected chi connectivity index (χ3v) is 2.27. The number of aromatic nitrogens is 1. The van der Waals surface area contributed by atoms with E-state index in [2.05, 4.69) is 0 Å². The van der Waals surface area contributed by atoms with Gasteiger partial charge in [-0.2, -0.15) is 0 Å². The Morgan fingerprint density at radius 2 is 1.80 bits per heavy atom. The summed E-state index contributed by atoms with van der Waals surface area (Å²) < 4.78 is 22.5. The zero-order valence-electron chi connectivity index (χ0n) is 5.14. The average molecular weight is 161 g/mol. The highest BCUT2D eigenvalue weighted by molar-refractivity contribution is 7.89. The molecule has 1 aromatic rings. The van der Waals surface area contributed by atoms with Gasteiger partial charge >= 0.3 is 0 Å². The van der Waals surface area contributed by atoms with E-state index >= 15 is 0 Å². The lowest BCUT2D eigenvalue weighted by atomic mass is 10.7. The van der Waals surface area contributed by atoms with Crippen LogP contribution in [0, 0.1) is 0 Å². The topological polar surface area (TPSA) is 59.3 Å². The van der Waals surface area contributed by atoms with E-state index in [4.69, 9.17) is 5.11 Å². The molecule has 0 radical (unpaired) electrons. The Kier molecular flexibility index (Phi) is 1.78. The summed E-state index contributed by atoms with van der Waals surface area (Å²) in [5.74, 6) is -0.859. The molecule has 0 amide bonds. The Bertz CT molecular complexity index is 287. The van der Waals surface area contributed by atoms with Crippen molar-refractivity contribution < 1.29 is 13.5 Å². The zero-order chi connectivity index (χ0) is 7.61. The van der Waals surface area contributed by atoms with Crippen LogP contribution >= 0.6 is 0 Å². The molecule has 4 nitrogen and oxygen atoms in total. The molecule has 0 unspecified atom stereocenters. The van der Waals surface area contributed by atoms with Crippen molar-refractivity contribution >= 4 is 10.0 Å². The molecule has 0 aromatic carbocycles. The van der Waals surface area contributed by atoms with Crippen LogP contribution in [0.15, 0.2) is 24.5 Å². The standard InChI is InChI=1S/C5H7NO3S/c7-5-10(8,9)6-3-1-2-4-6/h1-4,7H,5H2. The summed E-state index contributed by atoms with van der Waals surface area (Å²) in [6.45, 7) is 0. The summed E-state index contributed by atoms with van der Waals surface area (Å²) in [6, 6.07) is 3.15. The predicted octanol–water partition coefficient (Wildman–Crippen LogP) is -0.384. The molecule has 0 aliphatic carbocycles. The Hall–Kier alpha value is -0.810. The summed E-state index contributed by atoms with van der Waals surface area (Å²) in [6.07, 6.45) is 2.73. The monoisotopic (exact) mass is 161 g/mol. The lowest BCUT2D eigenvalue weighted by Crippen LogP contribution is -2.13. The van der Waals surface area contributed by atoms with Crippen LogP contribution < -0.4 is 0 Å². The third-order valence-electron chi connectivity index (χ3n) is 1.06. The molecule has 0 bridgehead atoms. The van der Waals surface area contributed by atoms with Gasteiger partial charge in [0, 0.05) is 12.4 Å². The molecular weight excluding hydrogens is 154 g/mol. The van der Waals surface area contributed by atoms with Crippen LogP contribution in [-0.2, 0) is 10.0 Å². The SMILES string of the molecule is O=S(=O)(CO)n1cccc1. The van der Waals surface area contributed by atoms with E-state index in [0.29, 0.717) is 0 Å². The lowest BCUT2D eigenvalue weighted by Gasteiger charge is -1.98. The molecule has 0 atom stereocenters. The van der Waals surface area contributed by atoms with Crippen molar-refractivity contribution in [2.45, 2.75) is 0 Å². The number of aliphatic hydroxyl groups excluding tert-OH is 1. The van der Waals surface area contributed by atoms with Crippen molar-refractivity contribution in [3.8, 4) is 0 Å². The second kappa shape index (κ2) is 2.43. The van der Waals surface area contributed by atoms with E-state index in [9.17, 15) is 8.42 Å². The molecular formula is C5H7NO3S. The highest BCUT2D eigenvalue weighted by atomic mass is 32.2. The Labute approximate surface area is 58.8 Å². The van der Waals surface area contributed by atoms with Crippen molar-refractivity contribution in [3.05, 3.63) is 24.5 Å². The summed E-state index contributed by atoms with van der Waals surface area (Å²) in [4.78, 5) is 0. The van der Waals surface area contributed by atoms with E-state index in [1.54, 1.807) is 12.1 Å². The molecule has 0 fully saturated rings. The van der Waals surface area contributed by atoms with Gasteiger partial charge in [0.1, 0.15) is 0 Å². The first kappa shape index (κ1) is 7.30. The normalized spacial score (nSPS) is 11.7. The Morgan fingerprint density at radius 1 is 1.30 bits per heavy atom. The molecule has 1 rings (SSSR count). The number of aliphatic hydroxyl groups is 1. The van der Waals surface area contributed by atoms with Crippen molar-refractivity contribution in [1.29, 1.82) is 0 Å². The van der Waals surface area contributed by atoms with E-state index in [0.717, 1.165) is 3.97 Å². The third kappa shape index (κ3) is 1.19. The molecule has 5 heteroatoms. The number of hydrogen-bond donors (Lipinski definition) is 1. The fourth-order valence-corrected chi connectivity index (χ4v) is 1.22. The molecule has 0 saturated carbocycles. The maximum absolute atomic E-state index is 10.8. The summed E-state index contributed by atoms with van der Waals surface area (Å²) in [5.41, 5.74) is 0. The molecule has 1 heterocycles. The Balaban J connectivity index is 3.09. The first-order valence-electron chi connectivity index (χ1n) is 2.64. The van der Waals surface area contributed by atoms with Gasteiger partial charge in [0.2, 0.25) is 0 Å². The maximum atomic E-state index is 10.8. The fraction of sp³-hybridized carbons (Fsp3) is 0.200. The van der Waals surface area contributed by atoms with Gasteiger partial charge in [-0.15, -0.1) is 0 Å². The molecule has 0 aliphatic rings. The van der Waals surface area contributed by atoms with E-state index < -0.39 is 16.0 Å². The average Bonchev–Trinajstić information content (AvgIpc) is 2.38. The van der Waals surface area contributed by atoms with Gasteiger partial charge in [0.25, 0.3) is 10.0 Å². The molecule has 1 aromatic heterocycles. The van der Waals surface area contributed by atoms with Crippen LogP contribution in [-0.4, -0.2) is 23.4 Å².